The Kier molecular flexibility index (Phi) is 4.14. The first-order valence-electron chi connectivity index (χ1n) is 8.69. The number of hydrogen-bond donors (Lipinski definition) is 2. The van der Waals surface area contributed by atoms with E-state index in [4.69, 9.17) is 0 Å². The molecule has 2 aliphatic rings. The Morgan fingerprint density at radius 3 is 2.67 bits per heavy atom. The molecular formula is C20H17FN2O4. The van der Waals surface area contributed by atoms with Crippen LogP contribution in [0, 0.1) is 5.82 Å². The molecule has 2 amide bonds. The lowest BCUT2D eigenvalue weighted by Crippen LogP contribution is -2.43. The number of rotatable bonds is 2. The number of halogens is 1. The number of carbonyl (C=O) groups is 3. The van der Waals surface area contributed by atoms with Gasteiger partial charge in [0.1, 0.15) is 5.82 Å². The molecule has 0 fully saturated rings. The van der Waals surface area contributed by atoms with Crippen molar-refractivity contribution in [3.63, 3.8) is 0 Å². The Morgan fingerprint density at radius 1 is 1.11 bits per heavy atom. The van der Waals surface area contributed by atoms with Gasteiger partial charge in [-0.3, -0.25) is 9.59 Å². The number of benzene rings is 2. The van der Waals surface area contributed by atoms with E-state index in [2.05, 4.69) is 5.32 Å². The zero-order valence-corrected chi connectivity index (χ0v) is 14.4. The first-order valence-corrected chi connectivity index (χ1v) is 8.69. The zero-order valence-electron chi connectivity index (χ0n) is 14.4. The molecule has 2 aliphatic heterocycles. The van der Waals surface area contributed by atoms with Crippen LogP contribution in [0.4, 0.5) is 10.1 Å². The Balaban J connectivity index is 1.72. The Morgan fingerprint density at radius 2 is 1.89 bits per heavy atom. The highest BCUT2D eigenvalue weighted by Gasteiger charge is 2.37. The zero-order chi connectivity index (χ0) is 19.1. The third-order valence-electron chi connectivity index (χ3n) is 5.10. The number of anilines is 1. The van der Waals surface area contributed by atoms with Gasteiger partial charge >= 0.3 is 5.97 Å². The van der Waals surface area contributed by atoms with E-state index in [0.29, 0.717) is 29.7 Å². The summed E-state index contributed by atoms with van der Waals surface area (Å²) in [5, 5.41) is 12.3. The van der Waals surface area contributed by atoms with Crippen molar-refractivity contribution in [2.75, 3.05) is 11.9 Å². The molecule has 138 valence electrons. The fourth-order valence-corrected chi connectivity index (χ4v) is 3.77. The number of aliphatic carboxylic acids is 1. The molecule has 1 atom stereocenters. The van der Waals surface area contributed by atoms with Crippen LogP contribution in [0.25, 0.3) is 0 Å². The lowest BCUT2D eigenvalue weighted by Gasteiger charge is -2.35. The van der Waals surface area contributed by atoms with Gasteiger partial charge in [0.25, 0.3) is 5.91 Å². The normalized spacial score (nSPS) is 18.3. The monoisotopic (exact) mass is 368 g/mol. The van der Waals surface area contributed by atoms with Gasteiger partial charge in [-0.05, 0) is 41.7 Å². The largest absolute Gasteiger partial charge is 0.479 e. The Labute approximate surface area is 154 Å². The van der Waals surface area contributed by atoms with Gasteiger partial charge in [0.2, 0.25) is 5.91 Å². The smallest absolute Gasteiger partial charge is 0.331 e. The maximum atomic E-state index is 14.6. The lowest BCUT2D eigenvalue weighted by molar-refractivity contribution is -0.143. The van der Waals surface area contributed by atoms with Crippen LogP contribution in [-0.2, 0) is 22.4 Å². The van der Waals surface area contributed by atoms with Gasteiger partial charge in [-0.15, -0.1) is 0 Å². The third-order valence-corrected chi connectivity index (χ3v) is 5.10. The van der Waals surface area contributed by atoms with Crippen LogP contribution in [-0.4, -0.2) is 34.3 Å². The van der Waals surface area contributed by atoms with Crippen LogP contribution in [0.3, 0.4) is 0 Å². The summed E-state index contributed by atoms with van der Waals surface area (Å²) in [5.41, 5.74) is 2.29. The minimum absolute atomic E-state index is 0.171. The van der Waals surface area contributed by atoms with Crippen molar-refractivity contribution in [1.82, 2.24) is 4.90 Å². The summed E-state index contributed by atoms with van der Waals surface area (Å²) in [6.45, 7) is 0.195. The van der Waals surface area contributed by atoms with Crippen molar-refractivity contribution in [2.45, 2.75) is 25.3 Å². The molecule has 2 aromatic rings. The molecule has 0 saturated heterocycles. The number of carbonyl (C=O) groups excluding carboxylic acids is 2. The summed E-state index contributed by atoms with van der Waals surface area (Å²) < 4.78 is 14.6. The van der Waals surface area contributed by atoms with E-state index < -0.39 is 23.7 Å². The molecule has 4 rings (SSSR count). The first kappa shape index (κ1) is 17.2. The molecule has 0 bridgehead atoms. The maximum Gasteiger partial charge on any atom is 0.331 e. The van der Waals surface area contributed by atoms with E-state index in [9.17, 15) is 23.9 Å². The van der Waals surface area contributed by atoms with Gasteiger partial charge in [-0.1, -0.05) is 24.3 Å². The quantitative estimate of drug-likeness (QED) is 0.853. The van der Waals surface area contributed by atoms with Crippen molar-refractivity contribution in [3.05, 3.63) is 64.5 Å². The highest BCUT2D eigenvalue weighted by molar-refractivity contribution is 6.00. The molecule has 1 unspecified atom stereocenters. The minimum Gasteiger partial charge on any atom is -0.479 e. The lowest BCUT2D eigenvalue weighted by atomic mass is 9.91. The number of nitrogens with zero attached hydrogens (tertiary/aromatic N) is 1. The number of carboxylic acids is 1. The third kappa shape index (κ3) is 2.95. The highest BCUT2D eigenvalue weighted by atomic mass is 19.1. The standard InChI is InChI=1S/C20H17FN2O4/c21-15-10-16-12(5-6-17(24)22-16)9-14(15)19(25)23-8-7-11-3-1-2-4-13(11)18(23)20(26)27/h1-4,9-10,18H,5-8H2,(H,22,24)(H,26,27). The molecule has 27 heavy (non-hydrogen) atoms. The summed E-state index contributed by atoms with van der Waals surface area (Å²) in [5.74, 6) is -2.78. The predicted molar refractivity (Wildman–Crippen MR) is 94.9 cm³/mol. The molecule has 0 radical (unpaired) electrons. The highest BCUT2D eigenvalue weighted by Crippen LogP contribution is 2.33. The van der Waals surface area contributed by atoms with Crippen LogP contribution in [0.15, 0.2) is 36.4 Å². The number of amides is 2. The molecule has 0 aromatic heterocycles. The molecule has 2 aromatic carbocycles. The van der Waals surface area contributed by atoms with E-state index >= 15 is 0 Å². The van der Waals surface area contributed by atoms with Crippen molar-refractivity contribution >= 4 is 23.5 Å². The van der Waals surface area contributed by atoms with E-state index in [1.807, 2.05) is 12.1 Å². The van der Waals surface area contributed by atoms with Gasteiger partial charge in [0.15, 0.2) is 6.04 Å². The fraction of sp³-hybridized carbons (Fsp3) is 0.250. The summed E-state index contributed by atoms with van der Waals surface area (Å²) in [7, 11) is 0. The number of aryl methyl sites for hydroxylation is 1. The topological polar surface area (TPSA) is 86.7 Å². The minimum atomic E-state index is -1.16. The van der Waals surface area contributed by atoms with Crippen molar-refractivity contribution in [3.8, 4) is 0 Å². The molecule has 6 nitrogen and oxygen atoms in total. The van der Waals surface area contributed by atoms with Gasteiger partial charge in [0, 0.05) is 18.7 Å². The van der Waals surface area contributed by atoms with Gasteiger partial charge < -0.3 is 15.3 Å². The molecule has 2 heterocycles. The molecule has 0 saturated carbocycles. The predicted octanol–water partition coefficient (Wildman–Crippen LogP) is 2.53. The van der Waals surface area contributed by atoms with Gasteiger partial charge in [-0.2, -0.15) is 0 Å². The second-order valence-electron chi connectivity index (χ2n) is 6.73. The summed E-state index contributed by atoms with van der Waals surface area (Å²) in [4.78, 5) is 37.6. The number of carboxylic acid groups (broad SMARTS) is 1. The van der Waals surface area contributed by atoms with E-state index in [1.54, 1.807) is 12.1 Å². The van der Waals surface area contributed by atoms with E-state index in [1.165, 1.54) is 11.0 Å². The number of hydrogen-bond acceptors (Lipinski definition) is 3. The van der Waals surface area contributed by atoms with Crippen LogP contribution in [0.5, 0.6) is 0 Å². The molecule has 2 N–H and O–H groups in total. The van der Waals surface area contributed by atoms with Crippen LogP contribution in [0.1, 0.15) is 39.5 Å². The molecule has 0 aliphatic carbocycles. The Bertz CT molecular complexity index is 972. The van der Waals surface area contributed by atoms with Crippen molar-refractivity contribution in [1.29, 1.82) is 0 Å². The van der Waals surface area contributed by atoms with Gasteiger partial charge in [-0.25, -0.2) is 9.18 Å². The Hall–Kier alpha value is -3.22. The average molecular weight is 368 g/mol. The van der Waals surface area contributed by atoms with Gasteiger partial charge in [0.05, 0.1) is 5.56 Å². The van der Waals surface area contributed by atoms with Crippen molar-refractivity contribution in [2.24, 2.45) is 0 Å². The number of nitrogens with one attached hydrogen (secondary N) is 1. The molecule has 0 spiro atoms. The molecule has 7 heteroatoms. The van der Waals surface area contributed by atoms with Crippen LogP contribution < -0.4 is 5.32 Å². The van der Waals surface area contributed by atoms with E-state index in [0.717, 1.165) is 11.6 Å². The SMILES string of the molecule is O=C1CCc2cc(C(=O)N3CCc4ccccc4C3C(=O)O)c(F)cc2N1. The van der Waals surface area contributed by atoms with E-state index in [-0.39, 0.29) is 24.4 Å². The maximum absolute atomic E-state index is 14.6. The average Bonchev–Trinajstić information content (AvgIpc) is 2.65. The second kappa shape index (κ2) is 6.50. The first-order chi connectivity index (χ1) is 13.0. The van der Waals surface area contributed by atoms with Crippen LogP contribution >= 0.6 is 0 Å². The second-order valence-corrected chi connectivity index (χ2v) is 6.73. The van der Waals surface area contributed by atoms with Crippen molar-refractivity contribution < 1.29 is 23.9 Å². The summed E-state index contributed by atoms with van der Waals surface area (Å²) >= 11 is 0. The molecular weight excluding hydrogens is 351 g/mol. The fourth-order valence-electron chi connectivity index (χ4n) is 3.77. The summed E-state index contributed by atoms with van der Waals surface area (Å²) in [6.07, 6.45) is 1.18. The van der Waals surface area contributed by atoms with Crippen LogP contribution in [0.2, 0.25) is 0 Å². The number of fused-ring (bicyclic) bond motifs is 2. The summed E-state index contributed by atoms with van der Waals surface area (Å²) in [6, 6.07) is 8.48.